The fraction of sp³-hybridized carbons (Fsp3) is 0.312. The van der Waals surface area contributed by atoms with Gasteiger partial charge in [0.25, 0.3) is 11.6 Å². The van der Waals surface area contributed by atoms with Crippen molar-refractivity contribution < 1.29 is 14.6 Å². The number of nitro groups is 1. The second kappa shape index (κ2) is 7.85. The van der Waals surface area contributed by atoms with Crippen LogP contribution in [-0.2, 0) is 11.3 Å². The van der Waals surface area contributed by atoms with Crippen molar-refractivity contribution in [1.29, 1.82) is 0 Å². The molecule has 0 radical (unpaired) electrons. The predicted molar refractivity (Wildman–Crippen MR) is 90.9 cm³/mol. The number of likely N-dealkylation sites (N-methyl/N-ethyl adjacent to an activating group) is 1. The minimum Gasteiger partial charge on any atom is -0.323 e. The summed E-state index contributed by atoms with van der Waals surface area (Å²) in [6.45, 7) is 5.82. The quantitative estimate of drug-likeness (QED) is 0.601. The molecule has 1 heterocycles. The Morgan fingerprint density at radius 3 is 2.78 bits per heavy atom. The fourth-order valence-electron chi connectivity index (χ4n) is 2.25. The number of carbonyl (C=O) groups is 1. The van der Waals surface area contributed by atoms with E-state index in [0.717, 1.165) is 23.6 Å². The third-order valence-corrected chi connectivity index (χ3v) is 4.50. The highest BCUT2D eigenvalue weighted by Gasteiger charge is 2.16. The van der Waals surface area contributed by atoms with E-state index in [-0.39, 0.29) is 11.6 Å². The molecule has 2 aromatic rings. The fourth-order valence-corrected chi connectivity index (χ4v) is 3.03. The van der Waals surface area contributed by atoms with Gasteiger partial charge in [0.05, 0.1) is 22.0 Å². The molecule has 23 heavy (non-hydrogen) atoms. The normalized spacial score (nSPS) is 11.9. The third-order valence-electron chi connectivity index (χ3n) is 3.62. The van der Waals surface area contributed by atoms with E-state index in [9.17, 15) is 14.9 Å². The smallest absolute Gasteiger partial charge is 0.279 e. The molecule has 7 heteroatoms. The van der Waals surface area contributed by atoms with Crippen LogP contribution < -0.4 is 10.2 Å². The Morgan fingerprint density at radius 1 is 1.39 bits per heavy atom. The van der Waals surface area contributed by atoms with E-state index in [1.54, 1.807) is 17.4 Å². The number of quaternary nitrogens is 1. The number of aryl methyl sites for hydroxylation is 1. The van der Waals surface area contributed by atoms with Gasteiger partial charge in [0.1, 0.15) is 6.54 Å². The van der Waals surface area contributed by atoms with Gasteiger partial charge in [0.2, 0.25) is 0 Å². The number of hydrogen-bond donors (Lipinski definition) is 2. The summed E-state index contributed by atoms with van der Waals surface area (Å²) < 4.78 is 0. The van der Waals surface area contributed by atoms with E-state index in [1.807, 2.05) is 25.3 Å². The van der Waals surface area contributed by atoms with Crippen LogP contribution in [0.4, 0.5) is 11.4 Å². The number of carbonyl (C=O) groups excluding carboxylic acids is 1. The van der Waals surface area contributed by atoms with Gasteiger partial charge >= 0.3 is 0 Å². The van der Waals surface area contributed by atoms with Crippen LogP contribution in [0.1, 0.15) is 17.4 Å². The van der Waals surface area contributed by atoms with E-state index in [1.165, 1.54) is 17.0 Å². The lowest BCUT2D eigenvalue weighted by Gasteiger charge is -2.17. The predicted octanol–water partition coefficient (Wildman–Crippen LogP) is 2.01. The SMILES string of the molecule is CC[NH+](CC(=O)Nc1cc([N+](=O)[O-])ccc1C)Cc1cccs1. The second-order valence-corrected chi connectivity index (χ2v) is 6.37. The molecule has 6 nitrogen and oxygen atoms in total. The summed E-state index contributed by atoms with van der Waals surface area (Å²) in [6, 6.07) is 8.54. The van der Waals surface area contributed by atoms with Gasteiger partial charge in [-0.2, -0.15) is 0 Å². The maximum atomic E-state index is 12.2. The summed E-state index contributed by atoms with van der Waals surface area (Å²) in [5.41, 5.74) is 1.28. The molecule has 1 atom stereocenters. The summed E-state index contributed by atoms with van der Waals surface area (Å²) >= 11 is 1.68. The molecule has 1 unspecified atom stereocenters. The molecule has 122 valence electrons. The van der Waals surface area contributed by atoms with Crippen LogP contribution in [0, 0.1) is 17.0 Å². The molecule has 2 N–H and O–H groups in total. The van der Waals surface area contributed by atoms with Crippen LogP contribution in [0.2, 0.25) is 0 Å². The number of nitrogens with one attached hydrogen (secondary N) is 2. The summed E-state index contributed by atoms with van der Waals surface area (Å²) in [7, 11) is 0. The zero-order chi connectivity index (χ0) is 16.8. The van der Waals surface area contributed by atoms with E-state index < -0.39 is 4.92 Å². The lowest BCUT2D eigenvalue weighted by Crippen LogP contribution is -3.11. The standard InChI is InChI=1S/C16H19N3O3S/c1-3-18(10-14-5-4-8-23-14)11-16(20)17-15-9-13(19(21)22)7-6-12(15)2/h4-9H,3,10-11H2,1-2H3,(H,17,20)/p+1. The number of amides is 1. The Labute approximate surface area is 138 Å². The third kappa shape index (κ3) is 4.87. The first-order valence-electron chi connectivity index (χ1n) is 7.40. The van der Waals surface area contributed by atoms with Crippen molar-refractivity contribution in [2.75, 3.05) is 18.4 Å². The van der Waals surface area contributed by atoms with E-state index in [2.05, 4.69) is 11.4 Å². The van der Waals surface area contributed by atoms with Crippen molar-refractivity contribution in [1.82, 2.24) is 0 Å². The highest BCUT2D eigenvalue weighted by atomic mass is 32.1. The van der Waals surface area contributed by atoms with Gasteiger partial charge in [-0.3, -0.25) is 14.9 Å². The largest absolute Gasteiger partial charge is 0.323 e. The molecule has 0 saturated carbocycles. The van der Waals surface area contributed by atoms with Crippen molar-refractivity contribution >= 4 is 28.6 Å². The van der Waals surface area contributed by atoms with Crippen LogP contribution in [0.5, 0.6) is 0 Å². The molecule has 0 saturated heterocycles. The average Bonchev–Trinajstić information content (AvgIpc) is 3.01. The molecule has 0 bridgehead atoms. The summed E-state index contributed by atoms with van der Waals surface area (Å²) in [4.78, 5) is 25.0. The number of non-ortho nitro benzene ring substituents is 1. The van der Waals surface area contributed by atoms with Gasteiger partial charge in [-0.05, 0) is 30.9 Å². The Bertz CT molecular complexity index is 686. The zero-order valence-electron chi connectivity index (χ0n) is 13.2. The van der Waals surface area contributed by atoms with E-state index in [4.69, 9.17) is 0 Å². The van der Waals surface area contributed by atoms with Crippen molar-refractivity contribution in [3.63, 3.8) is 0 Å². The zero-order valence-corrected chi connectivity index (χ0v) is 14.0. The monoisotopic (exact) mass is 334 g/mol. The average molecular weight is 334 g/mol. The Balaban J connectivity index is 2.00. The molecule has 2 rings (SSSR count). The first-order valence-corrected chi connectivity index (χ1v) is 8.28. The van der Waals surface area contributed by atoms with E-state index in [0.29, 0.717) is 12.2 Å². The van der Waals surface area contributed by atoms with Crippen LogP contribution >= 0.6 is 11.3 Å². The Hall–Kier alpha value is -2.25. The minimum atomic E-state index is -0.463. The van der Waals surface area contributed by atoms with Crippen molar-refractivity contribution in [3.05, 3.63) is 56.3 Å². The van der Waals surface area contributed by atoms with E-state index >= 15 is 0 Å². The molecule has 0 aliphatic carbocycles. The molecular formula is C16H20N3O3S+. The lowest BCUT2D eigenvalue weighted by atomic mass is 10.2. The molecule has 0 spiro atoms. The van der Waals surface area contributed by atoms with Crippen molar-refractivity contribution in [3.8, 4) is 0 Å². The maximum Gasteiger partial charge on any atom is 0.279 e. The van der Waals surface area contributed by atoms with Gasteiger partial charge < -0.3 is 10.2 Å². The maximum absolute atomic E-state index is 12.2. The van der Waals surface area contributed by atoms with Crippen LogP contribution in [0.25, 0.3) is 0 Å². The highest BCUT2D eigenvalue weighted by molar-refractivity contribution is 7.09. The number of benzene rings is 1. The number of hydrogen-bond acceptors (Lipinski definition) is 4. The number of anilines is 1. The molecule has 0 aliphatic rings. The second-order valence-electron chi connectivity index (χ2n) is 5.34. The molecular weight excluding hydrogens is 314 g/mol. The first kappa shape index (κ1) is 17.1. The molecule has 0 fully saturated rings. The van der Waals surface area contributed by atoms with Crippen LogP contribution in [-0.4, -0.2) is 23.9 Å². The summed E-state index contributed by atoms with van der Waals surface area (Å²) in [6.07, 6.45) is 0. The molecule has 1 aromatic heterocycles. The van der Waals surface area contributed by atoms with Gasteiger partial charge in [-0.25, -0.2) is 0 Å². The number of rotatable bonds is 7. The lowest BCUT2D eigenvalue weighted by molar-refractivity contribution is -0.903. The van der Waals surface area contributed by atoms with Gasteiger partial charge in [0.15, 0.2) is 6.54 Å². The molecule has 1 amide bonds. The van der Waals surface area contributed by atoms with Gasteiger partial charge in [-0.15, -0.1) is 11.3 Å². The highest BCUT2D eigenvalue weighted by Crippen LogP contribution is 2.21. The Kier molecular flexibility index (Phi) is 5.84. The Morgan fingerprint density at radius 2 is 2.17 bits per heavy atom. The van der Waals surface area contributed by atoms with Crippen LogP contribution in [0.3, 0.4) is 0 Å². The van der Waals surface area contributed by atoms with Crippen molar-refractivity contribution in [2.24, 2.45) is 0 Å². The topological polar surface area (TPSA) is 76.7 Å². The van der Waals surface area contributed by atoms with Crippen LogP contribution in [0.15, 0.2) is 35.7 Å². The molecule has 1 aromatic carbocycles. The first-order chi connectivity index (χ1) is 11.0. The number of nitrogens with zero attached hydrogens (tertiary/aromatic N) is 1. The number of thiophene rings is 1. The molecule has 0 aliphatic heterocycles. The summed E-state index contributed by atoms with van der Waals surface area (Å²) in [5.74, 6) is -0.137. The van der Waals surface area contributed by atoms with Gasteiger partial charge in [0, 0.05) is 12.1 Å². The summed E-state index contributed by atoms with van der Waals surface area (Å²) in [5, 5.41) is 15.7. The minimum absolute atomic E-state index is 0.0239. The van der Waals surface area contributed by atoms with Gasteiger partial charge in [-0.1, -0.05) is 12.1 Å². The van der Waals surface area contributed by atoms with Crippen molar-refractivity contribution in [2.45, 2.75) is 20.4 Å². The number of nitro benzene ring substituents is 1.